The first-order valence-corrected chi connectivity index (χ1v) is 18.1. The molecular weight excluding hydrogens is 642 g/mol. The maximum absolute atomic E-state index is 13.7. The molecule has 1 spiro atoms. The number of rotatable bonds is 12. The summed E-state index contributed by atoms with van der Waals surface area (Å²) in [5, 5.41) is 26.7. The molecule has 0 radical (unpaired) electrons. The molecule has 1 aliphatic heterocycles. The fourth-order valence-electron chi connectivity index (χ4n) is 7.88. The van der Waals surface area contributed by atoms with Crippen LogP contribution in [0.4, 0.5) is 5.69 Å². The van der Waals surface area contributed by atoms with Gasteiger partial charge in [0.2, 0.25) is 17.6 Å². The monoisotopic (exact) mass is 689 g/mol. The van der Waals surface area contributed by atoms with Gasteiger partial charge < -0.3 is 27.0 Å². The van der Waals surface area contributed by atoms with Crippen LogP contribution in [0.15, 0.2) is 66.7 Å². The Bertz CT molecular complexity index is 1830. The van der Waals surface area contributed by atoms with Crippen molar-refractivity contribution >= 4 is 23.4 Å². The summed E-state index contributed by atoms with van der Waals surface area (Å²) in [7, 11) is 0. The molecule has 0 bridgehead atoms. The third-order valence-electron chi connectivity index (χ3n) is 11.3. The van der Waals surface area contributed by atoms with E-state index >= 15 is 0 Å². The highest BCUT2D eigenvalue weighted by Gasteiger charge is 2.54. The second-order valence-corrected chi connectivity index (χ2v) is 14.6. The van der Waals surface area contributed by atoms with E-state index in [0.29, 0.717) is 47.3 Å². The number of aromatic amines is 1. The SMILES string of the molecule is Cc1cc(C(=O)NC[C@H]2CC23CCNC3)ccc1-c1ccc(C[C@H](NC(=O)C2CCC(CN)CC2)C(=O)Nc2ccc(-c3nn[nH]n3)cc2)cc1. The molecule has 1 aromatic heterocycles. The quantitative estimate of drug-likeness (QED) is 0.129. The molecular formula is C39H47N9O3. The van der Waals surface area contributed by atoms with Gasteiger partial charge in [-0.15, -0.1) is 10.2 Å². The molecule has 7 rings (SSSR count). The smallest absolute Gasteiger partial charge is 0.251 e. The number of aromatic nitrogens is 4. The van der Waals surface area contributed by atoms with Crippen LogP contribution in [0.3, 0.4) is 0 Å². The Morgan fingerprint density at radius 3 is 2.41 bits per heavy atom. The van der Waals surface area contributed by atoms with Gasteiger partial charge in [0.25, 0.3) is 5.91 Å². The summed E-state index contributed by atoms with van der Waals surface area (Å²) in [6.07, 6.45) is 6.11. The van der Waals surface area contributed by atoms with Crippen LogP contribution >= 0.6 is 0 Å². The number of tetrazole rings is 1. The van der Waals surface area contributed by atoms with Crippen LogP contribution in [-0.2, 0) is 16.0 Å². The lowest BCUT2D eigenvalue weighted by Gasteiger charge is -2.28. The normalized spacial score (nSPS) is 23.1. The molecule has 7 N–H and O–H groups in total. The molecule has 51 heavy (non-hydrogen) atoms. The molecule has 3 fully saturated rings. The number of H-pyrrole nitrogens is 1. The van der Waals surface area contributed by atoms with Crippen molar-refractivity contribution in [3.05, 3.63) is 83.4 Å². The van der Waals surface area contributed by atoms with Crippen molar-refractivity contribution in [3.63, 3.8) is 0 Å². The molecule has 4 aromatic rings. The third-order valence-corrected chi connectivity index (χ3v) is 11.3. The minimum atomic E-state index is -0.776. The molecule has 1 unspecified atom stereocenters. The van der Waals surface area contributed by atoms with E-state index in [4.69, 9.17) is 5.73 Å². The molecule has 3 amide bonds. The van der Waals surface area contributed by atoms with Gasteiger partial charge in [-0.05, 0) is 140 Å². The van der Waals surface area contributed by atoms with Crippen molar-refractivity contribution in [2.75, 3.05) is 31.5 Å². The Labute approximate surface area is 298 Å². The van der Waals surface area contributed by atoms with Gasteiger partial charge in [-0.25, -0.2) is 0 Å². The minimum Gasteiger partial charge on any atom is -0.352 e. The second-order valence-electron chi connectivity index (χ2n) is 14.6. The average Bonchev–Trinajstić information content (AvgIpc) is 3.47. The Balaban J connectivity index is 1.01. The first-order valence-electron chi connectivity index (χ1n) is 18.1. The van der Waals surface area contributed by atoms with E-state index in [1.807, 2.05) is 49.4 Å². The van der Waals surface area contributed by atoms with Gasteiger partial charge in [0.1, 0.15) is 6.04 Å². The number of aryl methyl sites for hydroxylation is 1. The van der Waals surface area contributed by atoms with Crippen LogP contribution in [0, 0.1) is 30.1 Å². The molecule has 2 heterocycles. The number of nitrogens with zero attached hydrogens (tertiary/aromatic N) is 3. The number of nitrogens with one attached hydrogen (secondary N) is 5. The Hall–Kier alpha value is -4.94. The van der Waals surface area contributed by atoms with E-state index in [0.717, 1.165) is 73.1 Å². The Kier molecular flexibility index (Phi) is 10.2. The van der Waals surface area contributed by atoms with E-state index in [-0.39, 0.29) is 23.6 Å². The topological polar surface area (TPSA) is 180 Å². The lowest BCUT2D eigenvalue weighted by atomic mass is 9.81. The van der Waals surface area contributed by atoms with Gasteiger partial charge in [0.15, 0.2) is 0 Å². The lowest BCUT2D eigenvalue weighted by Crippen LogP contribution is -2.48. The summed E-state index contributed by atoms with van der Waals surface area (Å²) in [6.45, 7) is 5.53. The summed E-state index contributed by atoms with van der Waals surface area (Å²) < 4.78 is 0. The van der Waals surface area contributed by atoms with Gasteiger partial charge in [0, 0.05) is 42.2 Å². The lowest BCUT2D eigenvalue weighted by molar-refractivity contribution is -0.130. The van der Waals surface area contributed by atoms with Crippen molar-refractivity contribution in [2.45, 2.75) is 57.9 Å². The number of anilines is 1. The molecule has 2 aliphatic carbocycles. The summed E-state index contributed by atoms with van der Waals surface area (Å²) in [6, 6.07) is 20.3. The average molecular weight is 690 g/mol. The number of nitrogens with two attached hydrogens (primary N) is 1. The first-order chi connectivity index (χ1) is 24.8. The van der Waals surface area contributed by atoms with Crippen LogP contribution in [-0.4, -0.2) is 70.6 Å². The van der Waals surface area contributed by atoms with Crippen molar-refractivity contribution in [2.24, 2.45) is 28.9 Å². The summed E-state index contributed by atoms with van der Waals surface area (Å²) in [5.41, 5.74) is 12.3. The van der Waals surface area contributed by atoms with Crippen LogP contribution in [0.25, 0.3) is 22.5 Å². The highest BCUT2D eigenvalue weighted by atomic mass is 16.2. The zero-order chi connectivity index (χ0) is 35.4. The van der Waals surface area contributed by atoms with Gasteiger partial charge in [-0.2, -0.15) is 5.21 Å². The number of carbonyl (C=O) groups is 3. The van der Waals surface area contributed by atoms with Crippen molar-refractivity contribution in [1.82, 2.24) is 36.6 Å². The number of hydrogen-bond acceptors (Lipinski definition) is 8. The fourth-order valence-corrected chi connectivity index (χ4v) is 7.88. The molecule has 3 aromatic carbocycles. The van der Waals surface area contributed by atoms with Crippen molar-refractivity contribution in [1.29, 1.82) is 0 Å². The maximum Gasteiger partial charge on any atom is 0.251 e. The molecule has 12 nitrogen and oxygen atoms in total. The molecule has 266 valence electrons. The standard InChI is InChI=1S/C39H47N9O3/c1-24-18-30(36(49)42-22-31-20-39(31)16-17-41-23-39)12-15-33(24)27-6-2-25(3-7-27)19-34(44-37(50)29-8-4-26(21-40)5-9-29)38(51)43-32-13-10-28(11-14-32)35-45-47-48-46-35/h2-3,6-7,10-15,18,26,29,31,34,41H,4-5,8-9,16-17,19-23,40H2,1H3,(H,42,49)(H,43,51)(H,44,50)(H,45,46,47,48)/t26?,29?,31-,34+,39?/m1/s1. The van der Waals surface area contributed by atoms with Gasteiger partial charge in [-0.1, -0.05) is 30.3 Å². The van der Waals surface area contributed by atoms with Crippen molar-refractivity contribution in [3.8, 4) is 22.5 Å². The van der Waals surface area contributed by atoms with E-state index in [9.17, 15) is 14.4 Å². The van der Waals surface area contributed by atoms with Crippen LogP contribution < -0.4 is 27.0 Å². The summed E-state index contributed by atoms with van der Waals surface area (Å²) >= 11 is 0. The van der Waals surface area contributed by atoms with E-state index < -0.39 is 6.04 Å². The minimum absolute atomic E-state index is 0.0327. The van der Waals surface area contributed by atoms with Gasteiger partial charge in [0.05, 0.1) is 0 Å². The summed E-state index contributed by atoms with van der Waals surface area (Å²) in [5.74, 6) is 0.923. The molecule has 3 aliphatic rings. The zero-order valence-corrected chi connectivity index (χ0v) is 29.1. The van der Waals surface area contributed by atoms with Crippen LogP contribution in [0.5, 0.6) is 0 Å². The Morgan fingerprint density at radius 2 is 1.75 bits per heavy atom. The number of carbonyl (C=O) groups excluding carboxylic acids is 3. The Morgan fingerprint density at radius 1 is 0.980 bits per heavy atom. The first kappa shape index (κ1) is 34.5. The van der Waals surface area contributed by atoms with Crippen LogP contribution in [0.1, 0.15) is 60.0 Å². The molecule has 3 atom stereocenters. The van der Waals surface area contributed by atoms with E-state index in [1.54, 1.807) is 24.3 Å². The van der Waals surface area contributed by atoms with E-state index in [1.165, 1.54) is 12.8 Å². The molecule has 2 saturated carbocycles. The maximum atomic E-state index is 13.7. The third kappa shape index (κ3) is 8.02. The highest BCUT2D eigenvalue weighted by Crippen LogP contribution is 2.56. The predicted molar refractivity (Wildman–Crippen MR) is 195 cm³/mol. The molecule has 1 saturated heterocycles. The number of amides is 3. The number of hydrogen-bond donors (Lipinski definition) is 6. The molecule has 12 heteroatoms. The highest BCUT2D eigenvalue weighted by molar-refractivity contribution is 5.98. The number of benzene rings is 3. The van der Waals surface area contributed by atoms with Gasteiger partial charge >= 0.3 is 0 Å². The van der Waals surface area contributed by atoms with E-state index in [2.05, 4.69) is 41.9 Å². The second kappa shape index (κ2) is 15.1. The largest absolute Gasteiger partial charge is 0.352 e. The zero-order valence-electron chi connectivity index (χ0n) is 29.1. The summed E-state index contributed by atoms with van der Waals surface area (Å²) in [4.78, 5) is 40.1. The predicted octanol–water partition coefficient (Wildman–Crippen LogP) is 4.00. The van der Waals surface area contributed by atoms with Crippen LogP contribution in [0.2, 0.25) is 0 Å². The van der Waals surface area contributed by atoms with Crippen molar-refractivity contribution < 1.29 is 14.4 Å². The van der Waals surface area contributed by atoms with Gasteiger partial charge in [-0.3, -0.25) is 14.4 Å². The fraction of sp³-hybridized carbons (Fsp3) is 0.436.